The second kappa shape index (κ2) is 8.69. The molecule has 1 aliphatic rings. The van der Waals surface area contributed by atoms with Crippen molar-refractivity contribution in [3.8, 4) is 0 Å². The van der Waals surface area contributed by atoms with E-state index in [1.807, 2.05) is 37.4 Å². The Morgan fingerprint density at radius 3 is 2.61 bits per heavy atom. The number of aromatic nitrogens is 1. The van der Waals surface area contributed by atoms with E-state index in [-0.39, 0.29) is 12.3 Å². The number of hydrogen-bond donors (Lipinski definition) is 1. The molecule has 7 nitrogen and oxygen atoms in total. The van der Waals surface area contributed by atoms with E-state index in [4.69, 9.17) is 0 Å². The highest BCUT2D eigenvalue weighted by molar-refractivity contribution is 7.88. The first-order chi connectivity index (χ1) is 13.2. The van der Waals surface area contributed by atoms with Gasteiger partial charge in [-0.05, 0) is 31.0 Å². The third kappa shape index (κ3) is 5.60. The lowest BCUT2D eigenvalue weighted by molar-refractivity contribution is -0.115. The van der Waals surface area contributed by atoms with Crippen LogP contribution in [0.5, 0.6) is 0 Å². The number of nitrogens with one attached hydrogen (secondary N) is 1. The van der Waals surface area contributed by atoms with Crippen LogP contribution in [0.3, 0.4) is 0 Å². The topological polar surface area (TPSA) is 82.6 Å². The van der Waals surface area contributed by atoms with Crippen LogP contribution in [0.4, 0.5) is 5.69 Å². The van der Waals surface area contributed by atoms with Gasteiger partial charge in [0.15, 0.2) is 0 Å². The molecule has 1 aromatic heterocycles. The molecule has 152 valence electrons. The number of sulfonamides is 1. The number of piperazine rings is 1. The van der Waals surface area contributed by atoms with Crippen molar-refractivity contribution in [1.29, 1.82) is 0 Å². The fourth-order valence-electron chi connectivity index (χ4n) is 3.15. The summed E-state index contributed by atoms with van der Waals surface area (Å²) < 4.78 is 24.7. The van der Waals surface area contributed by atoms with Gasteiger partial charge < -0.3 is 5.32 Å². The molecule has 1 aromatic carbocycles. The van der Waals surface area contributed by atoms with Crippen LogP contribution in [-0.2, 0) is 27.8 Å². The van der Waals surface area contributed by atoms with E-state index in [1.54, 1.807) is 0 Å². The number of benzene rings is 1. The van der Waals surface area contributed by atoms with Crippen molar-refractivity contribution in [2.24, 2.45) is 0 Å². The smallest absolute Gasteiger partial charge is 0.231 e. The minimum absolute atomic E-state index is 0.0728. The molecule has 0 aliphatic carbocycles. The molecule has 1 N–H and O–H groups in total. The van der Waals surface area contributed by atoms with Crippen molar-refractivity contribution in [1.82, 2.24) is 14.2 Å². The highest BCUT2D eigenvalue weighted by Crippen LogP contribution is 2.18. The van der Waals surface area contributed by atoms with Gasteiger partial charge in [-0.1, -0.05) is 12.1 Å². The summed E-state index contributed by atoms with van der Waals surface area (Å²) in [4.78, 5) is 19.1. The number of amides is 1. The maximum absolute atomic E-state index is 12.4. The van der Waals surface area contributed by atoms with E-state index >= 15 is 0 Å². The number of thiazole rings is 1. The van der Waals surface area contributed by atoms with Crippen LogP contribution in [0.25, 0.3) is 0 Å². The molecule has 3 rings (SSSR count). The molecule has 0 bridgehead atoms. The Morgan fingerprint density at radius 2 is 1.93 bits per heavy atom. The van der Waals surface area contributed by atoms with Gasteiger partial charge in [0, 0.05) is 43.8 Å². The number of nitrogens with zero attached hydrogens (tertiary/aromatic N) is 3. The van der Waals surface area contributed by atoms with Crippen LogP contribution < -0.4 is 5.32 Å². The van der Waals surface area contributed by atoms with Gasteiger partial charge in [0.1, 0.15) is 5.01 Å². The predicted octanol–water partition coefficient (Wildman–Crippen LogP) is 2.02. The average molecular weight is 423 g/mol. The van der Waals surface area contributed by atoms with Crippen molar-refractivity contribution in [3.63, 3.8) is 0 Å². The Morgan fingerprint density at radius 1 is 1.21 bits per heavy atom. The summed E-state index contributed by atoms with van der Waals surface area (Å²) in [5.74, 6) is -0.0728. The molecule has 0 atom stereocenters. The molecular weight excluding hydrogens is 396 g/mol. The molecule has 0 saturated carbocycles. The Bertz CT molecular complexity index is 948. The van der Waals surface area contributed by atoms with Crippen molar-refractivity contribution in [3.05, 3.63) is 45.4 Å². The lowest BCUT2D eigenvalue weighted by atomic mass is 10.1. The number of carbonyl (C=O) groups excluding carboxylic acids is 1. The van der Waals surface area contributed by atoms with Gasteiger partial charge in [-0.2, -0.15) is 4.31 Å². The zero-order valence-electron chi connectivity index (χ0n) is 16.4. The van der Waals surface area contributed by atoms with Gasteiger partial charge in [-0.25, -0.2) is 13.4 Å². The number of rotatable bonds is 6. The van der Waals surface area contributed by atoms with E-state index < -0.39 is 10.0 Å². The number of anilines is 1. The first kappa shape index (κ1) is 20.9. The minimum atomic E-state index is -3.11. The summed E-state index contributed by atoms with van der Waals surface area (Å²) >= 11 is 1.48. The average Bonchev–Trinajstić information content (AvgIpc) is 3.04. The van der Waals surface area contributed by atoms with Crippen LogP contribution >= 0.6 is 11.3 Å². The molecule has 1 saturated heterocycles. The number of hydrogen-bond acceptors (Lipinski definition) is 6. The summed E-state index contributed by atoms with van der Waals surface area (Å²) in [6.07, 6.45) is 1.50. The quantitative estimate of drug-likeness (QED) is 0.770. The van der Waals surface area contributed by atoms with Gasteiger partial charge in [0.25, 0.3) is 0 Å². The molecule has 0 unspecified atom stereocenters. The summed E-state index contributed by atoms with van der Waals surface area (Å²) in [6.45, 7) is 7.03. The monoisotopic (exact) mass is 422 g/mol. The van der Waals surface area contributed by atoms with Crippen LogP contribution in [0.1, 0.15) is 21.8 Å². The molecule has 1 fully saturated rings. The number of carbonyl (C=O) groups is 1. The standard InChI is InChI=1S/C19H26N4O3S2/c1-14-4-5-15(2)17(10-14)21-18(24)11-19-20-16(13-27-19)12-22-6-8-23(9-7-22)28(3,25)26/h4-5,10,13H,6-9,11-12H2,1-3H3,(H,21,24). The largest absolute Gasteiger partial charge is 0.325 e. The summed E-state index contributed by atoms with van der Waals surface area (Å²) in [5.41, 5.74) is 3.90. The summed E-state index contributed by atoms with van der Waals surface area (Å²) in [6, 6.07) is 5.99. The lowest BCUT2D eigenvalue weighted by Crippen LogP contribution is -2.47. The Labute approximate surface area is 170 Å². The van der Waals surface area contributed by atoms with Crippen molar-refractivity contribution in [2.45, 2.75) is 26.8 Å². The first-order valence-corrected chi connectivity index (χ1v) is 11.9. The Hall–Kier alpha value is -1.81. The van der Waals surface area contributed by atoms with Gasteiger partial charge in [0.05, 0.1) is 18.4 Å². The lowest BCUT2D eigenvalue weighted by Gasteiger charge is -2.32. The molecule has 28 heavy (non-hydrogen) atoms. The van der Waals surface area contributed by atoms with Crippen molar-refractivity contribution in [2.75, 3.05) is 37.8 Å². The third-order valence-electron chi connectivity index (χ3n) is 4.76. The highest BCUT2D eigenvalue weighted by atomic mass is 32.2. The van der Waals surface area contributed by atoms with Crippen LogP contribution in [0.15, 0.2) is 23.6 Å². The molecule has 1 amide bonds. The second-order valence-corrected chi connectivity index (χ2v) is 10.1. The summed E-state index contributed by atoms with van der Waals surface area (Å²) in [7, 11) is -3.11. The van der Waals surface area contributed by atoms with Gasteiger partial charge >= 0.3 is 0 Å². The summed E-state index contributed by atoms with van der Waals surface area (Å²) in [5, 5.41) is 5.72. The van der Waals surface area contributed by atoms with Gasteiger partial charge in [-0.3, -0.25) is 9.69 Å². The SMILES string of the molecule is Cc1ccc(C)c(NC(=O)Cc2nc(CN3CCN(S(C)(=O)=O)CC3)cs2)c1. The van der Waals surface area contributed by atoms with Gasteiger partial charge in [-0.15, -0.1) is 11.3 Å². The maximum Gasteiger partial charge on any atom is 0.231 e. The Kier molecular flexibility index (Phi) is 6.49. The molecule has 0 radical (unpaired) electrons. The second-order valence-electron chi connectivity index (χ2n) is 7.21. The predicted molar refractivity (Wildman–Crippen MR) is 112 cm³/mol. The van der Waals surface area contributed by atoms with E-state index in [1.165, 1.54) is 21.9 Å². The maximum atomic E-state index is 12.4. The van der Waals surface area contributed by atoms with Crippen LogP contribution in [0.2, 0.25) is 0 Å². The minimum Gasteiger partial charge on any atom is -0.325 e. The fourth-order valence-corrected chi connectivity index (χ4v) is 4.76. The van der Waals surface area contributed by atoms with Gasteiger partial charge in [0.2, 0.25) is 15.9 Å². The van der Waals surface area contributed by atoms with E-state index in [2.05, 4.69) is 15.2 Å². The number of aryl methyl sites for hydroxylation is 2. The van der Waals surface area contributed by atoms with E-state index in [0.29, 0.717) is 32.7 Å². The molecule has 2 heterocycles. The third-order valence-corrected chi connectivity index (χ3v) is 6.96. The van der Waals surface area contributed by atoms with E-state index in [9.17, 15) is 13.2 Å². The van der Waals surface area contributed by atoms with E-state index in [0.717, 1.165) is 27.5 Å². The molecule has 9 heteroatoms. The zero-order valence-corrected chi connectivity index (χ0v) is 18.1. The highest BCUT2D eigenvalue weighted by Gasteiger charge is 2.23. The first-order valence-electron chi connectivity index (χ1n) is 9.18. The molecular formula is C19H26N4O3S2. The van der Waals surface area contributed by atoms with Crippen molar-refractivity contribution >= 4 is 33.0 Å². The zero-order chi connectivity index (χ0) is 20.3. The fraction of sp³-hybridized carbons (Fsp3) is 0.474. The van der Waals surface area contributed by atoms with Crippen LogP contribution in [-0.4, -0.2) is 60.9 Å². The molecule has 1 aliphatic heterocycles. The molecule has 2 aromatic rings. The normalized spacial score (nSPS) is 16.2. The van der Waals surface area contributed by atoms with Crippen LogP contribution in [0, 0.1) is 13.8 Å². The Balaban J connectivity index is 1.52. The van der Waals surface area contributed by atoms with Crippen molar-refractivity contribution < 1.29 is 13.2 Å². The molecule has 0 spiro atoms.